The number of rotatable bonds is 23. The summed E-state index contributed by atoms with van der Waals surface area (Å²) in [7, 11) is -7.43. The second kappa shape index (κ2) is 26.5. The Hall–Kier alpha value is -6.44. The van der Waals surface area contributed by atoms with Crippen molar-refractivity contribution in [1.82, 2.24) is 14.9 Å². The molecule has 73 heavy (non-hydrogen) atoms. The van der Waals surface area contributed by atoms with E-state index in [0.717, 1.165) is 12.1 Å². The number of phenols is 2. The lowest BCUT2D eigenvalue weighted by Crippen LogP contribution is -2.39. The van der Waals surface area contributed by atoms with Crippen LogP contribution in [0.3, 0.4) is 0 Å². The Morgan fingerprint density at radius 1 is 0.699 bits per heavy atom. The molecule has 23 heteroatoms. The maximum atomic E-state index is 14.8. The Kier molecular flexibility index (Phi) is 21.5. The van der Waals surface area contributed by atoms with Gasteiger partial charge in [0.1, 0.15) is 59.5 Å². The molecular weight excluding hydrogens is 991 g/mol. The molecule has 2 aliphatic rings. The van der Waals surface area contributed by atoms with Crippen LogP contribution in [0.5, 0.6) is 11.5 Å². The average molecular weight is 1050 g/mol. The molecule has 19 nitrogen and oxygen atoms in total. The largest absolute Gasteiger partial charge is 0.507 e. The van der Waals surface area contributed by atoms with E-state index in [1.54, 1.807) is 41.5 Å². The van der Waals surface area contributed by atoms with Gasteiger partial charge in [-0.15, -0.1) is 0 Å². The van der Waals surface area contributed by atoms with Crippen molar-refractivity contribution >= 4 is 50.3 Å². The predicted octanol–water partition coefficient (Wildman–Crippen LogP) is 10.8. The summed E-state index contributed by atoms with van der Waals surface area (Å²) in [6.07, 6.45) is 2.71. The van der Waals surface area contributed by atoms with Crippen molar-refractivity contribution in [2.24, 2.45) is 5.92 Å². The summed E-state index contributed by atoms with van der Waals surface area (Å²) in [5.74, 6) is -4.36. The van der Waals surface area contributed by atoms with Gasteiger partial charge >= 0.3 is 21.2 Å². The van der Waals surface area contributed by atoms with Crippen molar-refractivity contribution < 1.29 is 65.4 Å². The molecule has 392 valence electrons. The van der Waals surface area contributed by atoms with Crippen LogP contribution < -0.4 is 10.2 Å². The van der Waals surface area contributed by atoms with Gasteiger partial charge in [0.2, 0.25) is 5.91 Å². The van der Waals surface area contributed by atoms with Crippen molar-refractivity contribution in [3.05, 3.63) is 106 Å². The normalized spacial score (nSPS) is 16.6. The molecule has 0 spiro atoms. The summed E-state index contributed by atoms with van der Waals surface area (Å²) < 4.78 is 77.3. The molecule has 2 fully saturated rings. The highest BCUT2D eigenvalue weighted by atomic mass is 31.2. The van der Waals surface area contributed by atoms with Crippen molar-refractivity contribution in [3.63, 3.8) is 0 Å². The first-order valence-corrected chi connectivity index (χ1v) is 26.8. The second-order valence-electron chi connectivity index (χ2n) is 16.4. The lowest BCUT2D eigenvalue weighted by Gasteiger charge is -2.27. The molecular formula is C50H61F2N7O12P2. The third kappa shape index (κ3) is 14.8. The molecule has 4 atom stereocenters. The van der Waals surface area contributed by atoms with E-state index in [1.165, 1.54) is 58.6 Å². The number of anilines is 2. The summed E-state index contributed by atoms with van der Waals surface area (Å²) >= 11 is 0. The maximum Gasteiger partial charge on any atom is 0.350 e. The fraction of sp³-hybridized carbons (Fsp3) is 0.440. The van der Waals surface area contributed by atoms with E-state index in [4.69, 9.17) is 28.6 Å². The number of carbonyl (C=O) groups is 4. The van der Waals surface area contributed by atoms with Crippen LogP contribution in [0.4, 0.5) is 25.2 Å². The average Bonchev–Trinajstić information content (AvgIpc) is 4.30. The number of nitrogens with zero attached hydrogens (tertiary/aromatic N) is 6. The first-order chi connectivity index (χ1) is 34.3. The molecule has 6 rings (SSSR count). The Morgan fingerprint density at radius 2 is 1.18 bits per heavy atom. The Labute approximate surface area is 423 Å². The van der Waals surface area contributed by atoms with Crippen molar-refractivity contribution in [1.29, 1.82) is 10.5 Å². The monoisotopic (exact) mass is 1050 g/mol. The number of aromatic nitrogens is 2. The highest BCUT2D eigenvalue weighted by Crippen LogP contribution is 2.56. The van der Waals surface area contributed by atoms with Gasteiger partial charge < -0.3 is 33.2 Å². The molecule has 0 saturated heterocycles. The quantitative estimate of drug-likeness (QED) is 0.0460. The number of hydrogen-bond acceptors (Lipinski definition) is 16. The van der Waals surface area contributed by atoms with Gasteiger partial charge in [0.15, 0.2) is 11.6 Å². The van der Waals surface area contributed by atoms with Crippen LogP contribution in [0.25, 0.3) is 0 Å². The van der Waals surface area contributed by atoms with Crippen molar-refractivity contribution in [2.75, 3.05) is 49.2 Å². The van der Waals surface area contributed by atoms with Crippen LogP contribution in [-0.2, 0) is 32.0 Å². The number of benzene rings is 2. The van der Waals surface area contributed by atoms with Crippen LogP contribution in [-0.4, -0.2) is 93.6 Å². The molecule has 2 aliphatic carbocycles. The Morgan fingerprint density at radius 3 is 1.62 bits per heavy atom. The Balaban J connectivity index is 0.000000312. The second-order valence-corrected chi connectivity index (χ2v) is 20.5. The molecule has 0 unspecified atom stereocenters. The zero-order chi connectivity index (χ0) is 52.9. The summed E-state index contributed by atoms with van der Waals surface area (Å²) in [6, 6.07) is 13.2. The van der Waals surface area contributed by atoms with E-state index in [-0.39, 0.29) is 123 Å². The SMILES string of the molecule is C.CCOP(=O)(CN(C(=O)C[C@H]1C[C@H]1c1c(F)ccc(C(=O)CC)c1O)c1ccc(C#N)cn1)OCC.CCOP(=O)(CN(C(=O)Nc1ccc(C#N)cn1)[C@H]1C[C@H]1c1c(F)ccc(C(=O)CC)c1O)OCC. The lowest BCUT2D eigenvalue weighted by atomic mass is 9.99. The number of Topliss-reactive ketones (excluding diaryl/α,β-unsaturated/α-hetero) is 2. The van der Waals surface area contributed by atoms with E-state index >= 15 is 0 Å². The Bertz CT molecular complexity index is 2790. The number of nitrogens with one attached hydrogen (secondary N) is 1. The van der Waals surface area contributed by atoms with Crippen LogP contribution in [0.1, 0.15) is 136 Å². The minimum Gasteiger partial charge on any atom is -0.507 e. The van der Waals surface area contributed by atoms with Gasteiger partial charge in [0.25, 0.3) is 0 Å². The van der Waals surface area contributed by atoms with Gasteiger partial charge in [-0.3, -0.25) is 33.7 Å². The number of halogens is 2. The number of ketones is 2. The number of pyridine rings is 2. The molecule has 2 heterocycles. The topological polar surface area (TPSA) is 272 Å². The van der Waals surface area contributed by atoms with E-state index < -0.39 is 68.7 Å². The molecule has 4 aromatic rings. The third-order valence-corrected chi connectivity index (χ3v) is 15.5. The first kappa shape index (κ1) is 59.1. The minimum absolute atomic E-state index is 0. The van der Waals surface area contributed by atoms with Gasteiger partial charge in [0.05, 0.1) is 48.7 Å². The highest BCUT2D eigenvalue weighted by Gasteiger charge is 2.50. The number of amides is 3. The third-order valence-electron chi connectivity index (χ3n) is 11.6. The molecule has 2 saturated carbocycles. The minimum atomic E-state index is -3.74. The van der Waals surface area contributed by atoms with Gasteiger partial charge in [-0.2, -0.15) is 10.5 Å². The van der Waals surface area contributed by atoms with E-state index in [0.29, 0.717) is 17.5 Å². The van der Waals surface area contributed by atoms with Crippen LogP contribution in [0.2, 0.25) is 0 Å². The fourth-order valence-corrected chi connectivity index (χ4v) is 11.4. The highest BCUT2D eigenvalue weighted by molar-refractivity contribution is 7.54. The van der Waals surface area contributed by atoms with E-state index in [2.05, 4.69) is 15.3 Å². The van der Waals surface area contributed by atoms with Crippen LogP contribution >= 0.6 is 15.2 Å². The number of phenolic OH excluding ortho intramolecular Hbond substituents is 2. The van der Waals surface area contributed by atoms with E-state index in [1.807, 2.05) is 12.1 Å². The number of hydrogen-bond donors (Lipinski definition) is 3. The van der Waals surface area contributed by atoms with Gasteiger partial charge in [-0.1, -0.05) is 21.3 Å². The van der Waals surface area contributed by atoms with E-state index in [9.17, 15) is 47.3 Å². The molecule has 3 amide bonds. The van der Waals surface area contributed by atoms with Gasteiger partial charge in [-0.05, 0) is 101 Å². The first-order valence-electron chi connectivity index (χ1n) is 23.3. The number of carbonyl (C=O) groups excluding carboxylic acids is 4. The van der Waals surface area contributed by atoms with Crippen LogP contribution in [0.15, 0.2) is 60.9 Å². The fourth-order valence-electron chi connectivity index (χ4n) is 8.01. The summed E-state index contributed by atoms with van der Waals surface area (Å²) in [4.78, 5) is 61.5. The molecule has 2 aromatic heterocycles. The molecule has 2 aromatic carbocycles. The summed E-state index contributed by atoms with van der Waals surface area (Å²) in [5.41, 5.74) is 0.617. The molecule has 3 N–H and O–H groups in total. The molecule has 0 aliphatic heterocycles. The van der Waals surface area contributed by atoms with Crippen molar-refractivity contribution in [3.8, 4) is 23.6 Å². The van der Waals surface area contributed by atoms with Crippen molar-refractivity contribution in [2.45, 2.75) is 99.0 Å². The molecule has 0 bridgehead atoms. The number of urea groups is 1. The standard InChI is InChI=1S/C25H29FN3O6P.C24H28FN4O6P.CH4/c1-4-21(30)18-8-9-20(26)24(25(18)32)19-11-17(19)12-23(31)29(15-36(33,34-5-2)35-6-3)22-10-7-16(13-27)14-28-22;1-4-20(30)16-8-9-18(25)22(23(16)31)17-11-19(17)29(14-36(33,34-5-2)35-6-3)24(32)28-21-10-7-15(12-26)13-27-21;/h7-10,14,17,19,32H,4-6,11-12,15H2,1-3H3;7-10,13,17,19,31H,4-6,11,14H2,1-3H3,(H,27,28,32);1H4/t17-,19-;17-,19+;/m11./s1. The molecule has 0 radical (unpaired) electrons. The number of nitriles is 2. The zero-order valence-corrected chi connectivity index (χ0v) is 42.5. The predicted molar refractivity (Wildman–Crippen MR) is 266 cm³/mol. The zero-order valence-electron chi connectivity index (χ0n) is 40.7. The summed E-state index contributed by atoms with van der Waals surface area (Å²) in [5, 5.41) is 41.8. The van der Waals surface area contributed by atoms with Gasteiger partial charge in [-0.25, -0.2) is 23.5 Å². The maximum absolute atomic E-state index is 14.8. The van der Waals surface area contributed by atoms with Crippen LogP contribution in [0, 0.1) is 40.2 Å². The smallest absolute Gasteiger partial charge is 0.350 e. The lowest BCUT2D eigenvalue weighted by molar-refractivity contribution is -0.118. The number of aromatic hydroxyl groups is 2. The summed E-state index contributed by atoms with van der Waals surface area (Å²) in [6.45, 7) is 10.2. The van der Waals surface area contributed by atoms with Gasteiger partial charge in [0, 0.05) is 54.7 Å².